The van der Waals surface area contributed by atoms with E-state index in [1.54, 1.807) is 24.3 Å². The highest BCUT2D eigenvalue weighted by Crippen LogP contribution is 2.36. The highest BCUT2D eigenvalue weighted by molar-refractivity contribution is 6.30. The second-order valence-corrected chi connectivity index (χ2v) is 5.91. The highest BCUT2D eigenvalue weighted by Gasteiger charge is 2.33. The van der Waals surface area contributed by atoms with Gasteiger partial charge in [0.15, 0.2) is 0 Å². The Morgan fingerprint density at radius 3 is 2.25 bits per heavy atom. The third-order valence-electron chi connectivity index (χ3n) is 2.86. The van der Waals surface area contributed by atoms with Gasteiger partial charge in [-0.3, -0.25) is 10.1 Å². The Kier molecular flexibility index (Phi) is 3.43. The first-order chi connectivity index (χ1) is 9.21. The minimum absolute atomic E-state index is 0.0160. The van der Waals surface area contributed by atoms with E-state index in [2.05, 4.69) is 5.10 Å². The van der Waals surface area contributed by atoms with Gasteiger partial charge in [0.05, 0.1) is 10.6 Å². The number of nitrogen functional groups attached to an aromatic ring is 1. The Morgan fingerprint density at radius 2 is 1.85 bits per heavy atom. The average molecular weight is 295 g/mol. The summed E-state index contributed by atoms with van der Waals surface area (Å²) in [4.78, 5) is 10.7. The molecule has 0 bridgehead atoms. The molecule has 1 aromatic heterocycles. The van der Waals surface area contributed by atoms with E-state index < -0.39 is 10.3 Å². The van der Waals surface area contributed by atoms with Gasteiger partial charge in [-0.1, -0.05) is 32.4 Å². The minimum Gasteiger partial charge on any atom is -0.378 e. The molecule has 1 heterocycles. The summed E-state index contributed by atoms with van der Waals surface area (Å²) in [6.45, 7) is 5.57. The SMILES string of the molecule is CC(C)(C)c1nn(-c2ccc(Cl)cc2)c(N)c1[N+](=O)[O-]. The standard InChI is InChI=1S/C13H15ClN4O2/c1-13(2,3)11-10(18(19)20)12(15)17(16-11)9-6-4-8(14)5-7-9/h4-7H,15H2,1-3H3. The zero-order valence-corrected chi connectivity index (χ0v) is 12.2. The molecule has 20 heavy (non-hydrogen) atoms. The van der Waals surface area contributed by atoms with E-state index in [1.807, 2.05) is 20.8 Å². The molecule has 0 spiro atoms. The van der Waals surface area contributed by atoms with Crippen LogP contribution in [0.2, 0.25) is 5.02 Å². The number of rotatable bonds is 2. The summed E-state index contributed by atoms with van der Waals surface area (Å²) in [5, 5.41) is 16.1. The van der Waals surface area contributed by atoms with Crippen molar-refractivity contribution in [3.63, 3.8) is 0 Å². The average Bonchev–Trinajstić information content (AvgIpc) is 2.68. The van der Waals surface area contributed by atoms with Gasteiger partial charge in [-0.05, 0) is 24.3 Å². The molecule has 0 radical (unpaired) electrons. The van der Waals surface area contributed by atoms with E-state index in [0.29, 0.717) is 16.4 Å². The fraction of sp³-hybridized carbons (Fsp3) is 0.308. The minimum atomic E-state index is -0.491. The van der Waals surface area contributed by atoms with Crippen molar-refractivity contribution in [1.82, 2.24) is 9.78 Å². The van der Waals surface area contributed by atoms with Crippen LogP contribution in [-0.4, -0.2) is 14.7 Å². The first-order valence-electron chi connectivity index (χ1n) is 6.01. The molecule has 0 saturated carbocycles. The molecule has 7 heteroatoms. The lowest BCUT2D eigenvalue weighted by molar-refractivity contribution is -0.385. The number of aromatic nitrogens is 2. The summed E-state index contributed by atoms with van der Waals surface area (Å²) in [5.74, 6) is 0.0160. The van der Waals surface area contributed by atoms with Gasteiger partial charge in [-0.25, -0.2) is 4.68 Å². The molecule has 0 atom stereocenters. The molecule has 2 rings (SSSR count). The van der Waals surface area contributed by atoms with Crippen molar-refractivity contribution in [2.24, 2.45) is 0 Å². The molecule has 6 nitrogen and oxygen atoms in total. The molecule has 0 amide bonds. The number of hydrogen-bond donors (Lipinski definition) is 1. The molecule has 0 saturated heterocycles. The largest absolute Gasteiger partial charge is 0.378 e. The summed E-state index contributed by atoms with van der Waals surface area (Å²) in [5.41, 5.74) is 6.26. The summed E-state index contributed by atoms with van der Waals surface area (Å²) in [6, 6.07) is 6.78. The van der Waals surface area contributed by atoms with Crippen LogP contribution in [0.3, 0.4) is 0 Å². The first-order valence-corrected chi connectivity index (χ1v) is 6.39. The van der Waals surface area contributed by atoms with E-state index >= 15 is 0 Å². The molecule has 0 aliphatic carbocycles. The molecular formula is C13H15ClN4O2. The molecule has 106 valence electrons. The van der Waals surface area contributed by atoms with Crippen LogP contribution in [0.1, 0.15) is 26.5 Å². The predicted octanol–water partition coefficient (Wildman–Crippen LogP) is 3.31. The van der Waals surface area contributed by atoms with Gasteiger partial charge in [0.25, 0.3) is 0 Å². The van der Waals surface area contributed by atoms with E-state index in [-0.39, 0.29) is 11.5 Å². The summed E-state index contributed by atoms with van der Waals surface area (Å²) in [6.07, 6.45) is 0. The van der Waals surface area contributed by atoms with Crippen LogP contribution in [0.4, 0.5) is 11.5 Å². The number of anilines is 1. The van der Waals surface area contributed by atoms with Crippen molar-refractivity contribution in [3.8, 4) is 5.69 Å². The molecular weight excluding hydrogens is 280 g/mol. The quantitative estimate of drug-likeness (QED) is 0.680. The Labute approximate surface area is 121 Å². The first kappa shape index (κ1) is 14.3. The maximum atomic E-state index is 11.2. The van der Waals surface area contributed by atoms with Crippen molar-refractivity contribution in [1.29, 1.82) is 0 Å². The van der Waals surface area contributed by atoms with Crippen molar-refractivity contribution in [2.75, 3.05) is 5.73 Å². The smallest absolute Gasteiger partial charge is 0.334 e. The Balaban J connectivity index is 2.67. The van der Waals surface area contributed by atoms with Crippen LogP contribution in [-0.2, 0) is 5.41 Å². The normalized spacial score (nSPS) is 11.6. The van der Waals surface area contributed by atoms with Crippen LogP contribution in [0.15, 0.2) is 24.3 Å². The van der Waals surface area contributed by atoms with Gasteiger partial charge >= 0.3 is 5.69 Å². The van der Waals surface area contributed by atoms with Gasteiger partial charge in [-0.2, -0.15) is 5.10 Å². The number of nitrogens with zero attached hydrogens (tertiary/aromatic N) is 3. The van der Waals surface area contributed by atoms with E-state index in [4.69, 9.17) is 17.3 Å². The molecule has 0 aliphatic rings. The number of benzene rings is 1. The zero-order chi connectivity index (χ0) is 15.1. The molecule has 0 unspecified atom stereocenters. The van der Waals surface area contributed by atoms with E-state index in [1.165, 1.54) is 4.68 Å². The lowest BCUT2D eigenvalue weighted by Crippen LogP contribution is -2.14. The van der Waals surface area contributed by atoms with Gasteiger partial charge in [-0.15, -0.1) is 0 Å². The van der Waals surface area contributed by atoms with E-state index in [0.717, 1.165) is 0 Å². The van der Waals surface area contributed by atoms with Crippen LogP contribution in [0.5, 0.6) is 0 Å². The topological polar surface area (TPSA) is 87.0 Å². The molecule has 2 aromatic rings. The van der Waals surface area contributed by atoms with Crippen LogP contribution in [0, 0.1) is 10.1 Å². The number of halogens is 1. The van der Waals surface area contributed by atoms with Crippen molar-refractivity contribution in [3.05, 3.63) is 45.1 Å². The zero-order valence-electron chi connectivity index (χ0n) is 11.4. The van der Waals surface area contributed by atoms with E-state index in [9.17, 15) is 10.1 Å². The lowest BCUT2D eigenvalue weighted by Gasteiger charge is -2.13. The number of hydrogen-bond acceptors (Lipinski definition) is 4. The van der Waals surface area contributed by atoms with Crippen LogP contribution >= 0.6 is 11.6 Å². The Hall–Kier alpha value is -2.08. The molecule has 2 N–H and O–H groups in total. The monoisotopic (exact) mass is 294 g/mol. The molecule has 0 fully saturated rings. The molecule has 0 aliphatic heterocycles. The predicted molar refractivity (Wildman–Crippen MR) is 78.3 cm³/mol. The van der Waals surface area contributed by atoms with Crippen LogP contribution in [0.25, 0.3) is 5.69 Å². The lowest BCUT2D eigenvalue weighted by atomic mass is 9.91. The van der Waals surface area contributed by atoms with Gasteiger partial charge in [0.1, 0.15) is 5.69 Å². The third kappa shape index (κ3) is 2.46. The highest BCUT2D eigenvalue weighted by atomic mass is 35.5. The summed E-state index contributed by atoms with van der Waals surface area (Å²) < 4.78 is 1.37. The second-order valence-electron chi connectivity index (χ2n) is 5.48. The van der Waals surface area contributed by atoms with Gasteiger partial charge in [0, 0.05) is 10.4 Å². The Bertz CT molecular complexity index is 656. The van der Waals surface area contributed by atoms with Crippen molar-refractivity contribution >= 4 is 23.1 Å². The summed E-state index contributed by atoms with van der Waals surface area (Å²) in [7, 11) is 0. The fourth-order valence-electron chi connectivity index (χ4n) is 1.89. The number of nitrogens with two attached hydrogens (primary N) is 1. The second kappa shape index (κ2) is 4.79. The maximum absolute atomic E-state index is 11.2. The maximum Gasteiger partial charge on any atom is 0.334 e. The summed E-state index contributed by atoms with van der Waals surface area (Å²) >= 11 is 5.83. The van der Waals surface area contributed by atoms with Gasteiger partial charge < -0.3 is 5.73 Å². The van der Waals surface area contributed by atoms with Crippen LogP contribution < -0.4 is 5.73 Å². The molecule has 1 aromatic carbocycles. The fourth-order valence-corrected chi connectivity index (χ4v) is 2.01. The van der Waals surface area contributed by atoms with Crippen molar-refractivity contribution in [2.45, 2.75) is 26.2 Å². The van der Waals surface area contributed by atoms with Crippen molar-refractivity contribution < 1.29 is 4.92 Å². The van der Waals surface area contributed by atoms with Gasteiger partial charge in [0.2, 0.25) is 5.82 Å². The Morgan fingerprint density at radius 1 is 1.30 bits per heavy atom. The number of nitro groups is 1. The third-order valence-corrected chi connectivity index (χ3v) is 3.11.